The van der Waals surface area contributed by atoms with Gasteiger partial charge in [0, 0.05) is 61.9 Å². The first-order valence-corrected chi connectivity index (χ1v) is 17.9. The molecule has 1 aromatic rings. The molecule has 1 atom stereocenters. The number of fused-ring (bicyclic) bond motifs is 2. The average molecular weight is 661 g/mol. The van der Waals surface area contributed by atoms with Gasteiger partial charge in [-0.2, -0.15) is 4.58 Å². The summed E-state index contributed by atoms with van der Waals surface area (Å²) in [4.78, 5) is 22.7. The lowest BCUT2D eigenvalue weighted by molar-refractivity contribution is -0.481. The van der Waals surface area contributed by atoms with E-state index in [4.69, 9.17) is 21.1 Å². The number of rotatable bonds is 11. The van der Waals surface area contributed by atoms with E-state index in [-0.39, 0.29) is 22.8 Å². The van der Waals surface area contributed by atoms with Crippen LogP contribution in [0.2, 0.25) is 0 Å². The molecule has 6 nitrogen and oxygen atoms in total. The van der Waals surface area contributed by atoms with Crippen molar-refractivity contribution in [2.45, 2.75) is 105 Å². The van der Waals surface area contributed by atoms with Crippen molar-refractivity contribution >= 4 is 40.7 Å². The van der Waals surface area contributed by atoms with Crippen molar-refractivity contribution in [2.24, 2.45) is 11.3 Å². The number of esters is 2. The highest BCUT2D eigenvalue weighted by molar-refractivity contribution is 6.32. The first-order valence-electron chi connectivity index (χ1n) is 17.6. The molecule has 0 amide bonds. The number of halogens is 1. The Labute approximate surface area is 286 Å². The number of carbonyl (C=O) groups is 2. The van der Waals surface area contributed by atoms with Crippen LogP contribution in [0.5, 0.6) is 0 Å². The molecule has 0 radical (unpaired) electrons. The average Bonchev–Trinajstić information content (AvgIpc) is 3.38. The molecule has 4 aliphatic rings. The topological polar surface area (TPSA) is 58.6 Å². The van der Waals surface area contributed by atoms with Crippen molar-refractivity contribution in [3.05, 3.63) is 76.0 Å². The van der Waals surface area contributed by atoms with E-state index in [0.717, 1.165) is 56.6 Å². The maximum atomic E-state index is 11.4. The second-order valence-corrected chi connectivity index (χ2v) is 14.9. The third-order valence-corrected chi connectivity index (χ3v) is 11.0. The molecule has 47 heavy (non-hydrogen) atoms. The molecular weight excluding hydrogens is 608 g/mol. The van der Waals surface area contributed by atoms with E-state index in [1.54, 1.807) is 5.71 Å². The molecule has 1 aromatic carbocycles. The lowest BCUT2D eigenvalue weighted by Gasteiger charge is -2.26. The van der Waals surface area contributed by atoms with Gasteiger partial charge in [-0.15, -0.1) is 0 Å². The van der Waals surface area contributed by atoms with Crippen LogP contribution in [-0.2, 0) is 24.5 Å². The summed E-state index contributed by atoms with van der Waals surface area (Å²) in [5, 5.41) is 0.863. The third-order valence-electron chi connectivity index (χ3n) is 10.5. The van der Waals surface area contributed by atoms with E-state index in [2.05, 4.69) is 85.4 Å². The van der Waals surface area contributed by atoms with E-state index in [1.165, 1.54) is 66.9 Å². The van der Waals surface area contributed by atoms with Crippen LogP contribution < -0.4 is 0 Å². The largest absolute Gasteiger partial charge is 0.466 e. The number of hydrogen-bond acceptors (Lipinski definition) is 4. The summed E-state index contributed by atoms with van der Waals surface area (Å²) in [7, 11) is 0. The summed E-state index contributed by atoms with van der Waals surface area (Å²) in [5.74, 6) is 0.0963. The van der Waals surface area contributed by atoms with Crippen molar-refractivity contribution in [3.8, 4) is 0 Å². The standard InChI is InChI=1S/C40H53ClN2O4/c1-28(44)46-26-12-24-42-34-18-9-7-16-32(34)39(3,4)36(42)22-20-30-14-11-15-31(38(30)41)21-23-37-40(5,6)33-17-8-10-19-35(33)43(37)25-13-27-47-29(2)45/h7,9,16,18,20-23,33H,8,10-15,17,19,24-27H2,1-6H3/q+2. The normalized spacial score (nSPS) is 23.6. The van der Waals surface area contributed by atoms with Crippen LogP contribution >= 0.6 is 11.6 Å². The van der Waals surface area contributed by atoms with Gasteiger partial charge in [-0.3, -0.25) is 9.59 Å². The first kappa shape index (κ1) is 35.1. The third kappa shape index (κ3) is 7.58. The van der Waals surface area contributed by atoms with E-state index in [1.807, 2.05) is 0 Å². The summed E-state index contributed by atoms with van der Waals surface area (Å²) in [6.45, 7) is 14.8. The summed E-state index contributed by atoms with van der Waals surface area (Å²) < 4.78 is 15.4. The molecule has 1 unspecified atom stereocenters. The van der Waals surface area contributed by atoms with E-state index in [0.29, 0.717) is 19.1 Å². The van der Waals surface area contributed by atoms with Gasteiger partial charge >= 0.3 is 11.9 Å². The highest BCUT2D eigenvalue weighted by atomic mass is 35.5. The molecule has 252 valence electrons. The summed E-state index contributed by atoms with van der Waals surface area (Å²) in [6, 6.07) is 8.60. The Hall–Kier alpha value is -3.25. The molecule has 2 aliphatic heterocycles. The first-order chi connectivity index (χ1) is 22.4. The molecule has 0 spiro atoms. The van der Waals surface area contributed by atoms with Crippen LogP contribution in [-0.4, -0.2) is 58.8 Å². The van der Waals surface area contributed by atoms with Gasteiger partial charge in [-0.1, -0.05) is 48.4 Å². The van der Waals surface area contributed by atoms with Crippen LogP contribution in [0.4, 0.5) is 5.69 Å². The van der Waals surface area contributed by atoms with Gasteiger partial charge in [0.25, 0.3) is 0 Å². The Morgan fingerprint density at radius 1 is 0.872 bits per heavy atom. The molecule has 0 N–H and O–H groups in total. The van der Waals surface area contributed by atoms with Crippen LogP contribution in [0, 0.1) is 11.3 Å². The lowest BCUT2D eigenvalue weighted by atomic mass is 9.71. The van der Waals surface area contributed by atoms with Gasteiger partial charge in [0.05, 0.1) is 30.0 Å². The summed E-state index contributed by atoms with van der Waals surface area (Å²) >= 11 is 7.20. The fraction of sp³-hybridized carbons (Fsp3) is 0.550. The molecule has 7 heteroatoms. The lowest BCUT2D eigenvalue weighted by Crippen LogP contribution is -2.28. The van der Waals surface area contributed by atoms with Gasteiger partial charge in [0.15, 0.2) is 30.2 Å². The Kier molecular flexibility index (Phi) is 11.1. The van der Waals surface area contributed by atoms with Gasteiger partial charge < -0.3 is 9.47 Å². The van der Waals surface area contributed by atoms with Gasteiger partial charge in [0.1, 0.15) is 0 Å². The van der Waals surface area contributed by atoms with Crippen molar-refractivity contribution < 1.29 is 28.2 Å². The van der Waals surface area contributed by atoms with E-state index in [9.17, 15) is 9.59 Å². The molecule has 0 saturated heterocycles. The quantitative estimate of drug-likeness (QED) is 0.135. The SMILES string of the molecule is CC(=O)OCCC[N+]1=C2CCCCC2C(C)(C)C1=CC=C1CCCC(C=CC2=[N+](CCCOC(C)=O)c3ccccc3C2(C)C)=C1Cl. The highest BCUT2D eigenvalue weighted by Gasteiger charge is 2.52. The fourth-order valence-electron chi connectivity index (χ4n) is 8.17. The van der Waals surface area contributed by atoms with Crippen LogP contribution in [0.1, 0.15) is 105 Å². The van der Waals surface area contributed by atoms with Crippen molar-refractivity contribution in [1.82, 2.24) is 0 Å². The molecular formula is C40H53ClN2O4+2. The van der Waals surface area contributed by atoms with E-state index >= 15 is 0 Å². The number of allylic oxidation sites excluding steroid dienone is 8. The maximum Gasteiger partial charge on any atom is 0.302 e. The zero-order valence-corrected chi connectivity index (χ0v) is 30.0. The van der Waals surface area contributed by atoms with Crippen LogP contribution in [0.15, 0.2) is 70.4 Å². The Morgan fingerprint density at radius 2 is 1.55 bits per heavy atom. The number of carbonyl (C=O) groups excluding carboxylic acids is 2. The number of benzene rings is 1. The fourth-order valence-corrected chi connectivity index (χ4v) is 8.49. The molecule has 0 aromatic heterocycles. The Bertz CT molecular complexity index is 1590. The number of hydrogen-bond donors (Lipinski definition) is 0. The van der Waals surface area contributed by atoms with Crippen LogP contribution in [0.25, 0.3) is 0 Å². The highest BCUT2D eigenvalue weighted by Crippen LogP contribution is 2.48. The molecule has 2 heterocycles. The van der Waals surface area contributed by atoms with Gasteiger partial charge in [0.2, 0.25) is 5.69 Å². The smallest absolute Gasteiger partial charge is 0.302 e. The number of nitrogens with zero attached hydrogens (tertiary/aromatic N) is 2. The van der Waals surface area contributed by atoms with Gasteiger partial charge in [-0.25, -0.2) is 4.58 Å². The van der Waals surface area contributed by atoms with Crippen molar-refractivity contribution in [1.29, 1.82) is 0 Å². The van der Waals surface area contributed by atoms with E-state index < -0.39 is 0 Å². The second kappa shape index (κ2) is 14.9. The Balaban J connectivity index is 1.43. The van der Waals surface area contributed by atoms with Crippen molar-refractivity contribution in [2.75, 3.05) is 26.3 Å². The maximum absolute atomic E-state index is 11.4. The molecule has 0 bridgehead atoms. The number of para-hydroxylation sites is 1. The minimum Gasteiger partial charge on any atom is -0.466 e. The zero-order valence-electron chi connectivity index (χ0n) is 29.3. The minimum absolute atomic E-state index is 0.0421. The summed E-state index contributed by atoms with van der Waals surface area (Å²) in [6.07, 6.45) is 18.5. The number of ether oxygens (including phenoxy) is 2. The minimum atomic E-state index is -0.241. The van der Waals surface area contributed by atoms with Crippen LogP contribution in [0.3, 0.4) is 0 Å². The predicted octanol–water partition coefficient (Wildman–Crippen LogP) is 8.70. The Morgan fingerprint density at radius 3 is 2.26 bits per heavy atom. The monoisotopic (exact) mass is 660 g/mol. The summed E-state index contributed by atoms with van der Waals surface area (Å²) in [5.41, 5.74) is 8.90. The van der Waals surface area contributed by atoms with Crippen molar-refractivity contribution in [3.63, 3.8) is 0 Å². The zero-order chi connectivity index (χ0) is 33.8. The second-order valence-electron chi connectivity index (χ2n) is 14.5. The molecule has 1 saturated carbocycles. The molecule has 1 fully saturated rings. The predicted molar refractivity (Wildman–Crippen MR) is 190 cm³/mol. The van der Waals surface area contributed by atoms with Gasteiger partial charge in [-0.05, 0) is 70.9 Å². The molecule has 5 rings (SSSR count). The molecule has 2 aliphatic carbocycles.